The standard InChI is InChI=1S/C37H40ClN3O6S/c1-46-31-20-22-32(23-21-31)48(44,45)41(33-14-8-9-15-35(33)47-2)26-36(42)40(25-28-16-18-29(38)19-17-28)34(24-27-10-4-3-5-11-27)37(43)39-30-12-6-7-13-30/h3-5,8-11,14-23,30,34H,6-7,12-13,24-26H2,1-2H3,(H,39,43)/t34-/m1/s1. The number of methoxy groups -OCH3 is 2. The van der Waals surface area contributed by atoms with Gasteiger partial charge >= 0.3 is 0 Å². The van der Waals surface area contributed by atoms with E-state index in [1.807, 2.05) is 30.3 Å². The van der Waals surface area contributed by atoms with E-state index in [4.69, 9.17) is 21.1 Å². The Morgan fingerprint density at radius 2 is 1.48 bits per heavy atom. The highest BCUT2D eigenvalue weighted by molar-refractivity contribution is 7.92. The lowest BCUT2D eigenvalue weighted by Crippen LogP contribution is -2.54. The Hall–Kier alpha value is -4.54. The number of hydrogen-bond donors (Lipinski definition) is 1. The Labute approximate surface area is 287 Å². The minimum absolute atomic E-state index is 0.0174. The maximum absolute atomic E-state index is 14.7. The molecule has 0 aromatic heterocycles. The van der Waals surface area contributed by atoms with Crippen LogP contribution in [0.4, 0.5) is 5.69 Å². The molecule has 48 heavy (non-hydrogen) atoms. The minimum Gasteiger partial charge on any atom is -0.497 e. The van der Waals surface area contributed by atoms with Crippen molar-refractivity contribution in [2.45, 2.75) is 55.6 Å². The average Bonchev–Trinajstić information content (AvgIpc) is 3.62. The van der Waals surface area contributed by atoms with Gasteiger partial charge in [0.2, 0.25) is 11.8 Å². The van der Waals surface area contributed by atoms with Gasteiger partial charge in [0, 0.05) is 24.0 Å². The van der Waals surface area contributed by atoms with Crippen molar-refractivity contribution >= 4 is 39.1 Å². The van der Waals surface area contributed by atoms with Crippen molar-refractivity contribution < 1.29 is 27.5 Å². The van der Waals surface area contributed by atoms with E-state index in [1.165, 1.54) is 31.3 Å². The Bertz CT molecular complexity index is 1780. The summed E-state index contributed by atoms with van der Waals surface area (Å²) in [5.74, 6) is -0.0862. The minimum atomic E-state index is -4.31. The number of nitrogens with zero attached hydrogens (tertiary/aromatic N) is 2. The number of anilines is 1. The number of nitrogens with one attached hydrogen (secondary N) is 1. The monoisotopic (exact) mass is 689 g/mol. The molecule has 9 nitrogen and oxygen atoms in total. The molecule has 252 valence electrons. The van der Waals surface area contributed by atoms with Crippen LogP contribution in [0.15, 0.2) is 108 Å². The van der Waals surface area contributed by atoms with E-state index < -0.39 is 28.5 Å². The van der Waals surface area contributed by atoms with Gasteiger partial charge in [0.1, 0.15) is 24.1 Å². The molecule has 1 N–H and O–H groups in total. The van der Waals surface area contributed by atoms with Gasteiger partial charge in [-0.1, -0.05) is 79.0 Å². The summed E-state index contributed by atoms with van der Waals surface area (Å²) < 4.78 is 40.5. The largest absolute Gasteiger partial charge is 0.497 e. The molecule has 1 aliphatic carbocycles. The number of halogens is 1. The number of carbonyl (C=O) groups is 2. The summed E-state index contributed by atoms with van der Waals surface area (Å²) in [5.41, 5.74) is 1.79. The lowest BCUT2D eigenvalue weighted by atomic mass is 10.0. The Balaban J connectivity index is 1.58. The number of hydrogen-bond acceptors (Lipinski definition) is 6. The molecule has 0 aliphatic heterocycles. The first-order valence-electron chi connectivity index (χ1n) is 15.9. The maximum Gasteiger partial charge on any atom is 0.264 e. The van der Waals surface area contributed by atoms with E-state index in [2.05, 4.69) is 5.32 Å². The number of sulfonamides is 1. The summed E-state index contributed by atoms with van der Waals surface area (Å²) >= 11 is 6.18. The zero-order chi connectivity index (χ0) is 34.1. The van der Waals surface area contributed by atoms with Crippen LogP contribution in [0.25, 0.3) is 0 Å². The smallest absolute Gasteiger partial charge is 0.264 e. The van der Waals surface area contributed by atoms with E-state index in [0.717, 1.165) is 41.1 Å². The molecule has 0 unspecified atom stereocenters. The van der Waals surface area contributed by atoms with Gasteiger partial charge in [0.15, 0.2) is 0 Å². The van der Waals surface area contributed by atoms with Gasteiger partial charge in [-0.25, -0.2) is 8.42 Å². The average molecular weight is 690 g/mol. The number of amides is 2. The van der Waals surface area contributed by atoms with Gasteiger partial charge in [-0.2, -0.15) is 0 Å². The summed E-state index contributed by atoms with van der Waals surface area (Å²) in [5, 5.41) is 3.71. The first-order chi connectivity index (χ1) is 23.2. The van der Waals surface area contributed by atoms with E-state index in [0.29, 0.717) is 10.8 Å². The van der Waals surface area contributed by atoms with Gasteiger partial charge < -0.3 is 19.7 Å². The molecule has 1 atom stereocenters. The molecule has 4 aromatic carbocycles. The Morgan fingerprint density at radius 1 is 0.833 bits per heavy atom. The van der Waals surface area contributed by atoms with Crippen molar-refractivity contribution in [3.8, 4) is 11.5 Å². The van der Waals surface area contributed by atoms with Gasteiger partial charge in [0.05, 0.1) is 24.8 Å². The normalized spacial score (nSPS) is 13.8. The molecule has 0 saturated heterocycles. The highest BCUT2D eigenvalue weighted by Gasteiger charge is 2.36. The van der Waals surface area contributed by atoms with Crippen LogP contribution < -0.4 is 19.1 Å². The summed E-state index contributed by atoms with van der Waals surface area (Å²) in [7, 11) is -1.38. The van der Waals surface area contributed by atoms with Crippen molar-refractivity contribution in [2.75, 3.05) is 25.1 Å². The van der Waals surface area contributed by atoms with Gasteiger partial charge in [0.25, 0.3) is 10.0 Å². The van der Waals surface area contributed by atoms with Crippen LogP contribution in [0.2, 0.25) is 5.02 Å². The fourth-order valence-corrected chi connectivity index (χ4v) is 7.48. The molecular formula is C37H40ClN3O6S. The first kappa shape index (κ1) is 34.8. The quantitative estimate of drug-likeness (QED) is 0.168. The van der Waals surface area contributed by atoms with Gasteiger partial charge in [-0.3, -0.25) is 13.9 Å². The molecule has 4 aromatic rings. The number of carbonyl (C=O) groups excluding carboxylic acids is 2. The SMILES string of the molecule is COc1ccc(S(=O)(=O)N(CC(=O)N(Cc2ccc(Cl)cc2)[C@H](Cc2ccccc2)C(=O)NC2CCCC2)c2ccccc2OC)cc1. The van der Waals surface area contributed by atoms with Crippen molar-refractivity contribution in [3.63, 3.8) is 0 Å². The van der Waals surface area contributed by atoms with E-state index >= 15 is 0 Å². The second-order valence-corrected chi connectivity index (χ2v) is 14.0. The van der Waals surface area contributed by atoms with Crippen LogP contribution in [0.3, 0.4) is 0 Å². The van der Waals surface area contributed by atoms with Crippen molar-refractivity contribution in [1.82, 2.24) is 10.2 Å². The number of benzene rings is 4. The zero-order valence-corrected chi connectivity index (χ0v) is 28.6. The molecule has 0 heterocycles. The summed E-state index contributed by atoms with van der Waals surface area (Å²) in [6.45, 7) is -0.543. The fraction of sp³-hybridized carbons (Fsp3) is 0.297. The van der Waals surface area contributed by atoms with Crippen LogP contribution in [-0.2, 0) is 32.6 Å². The molecule has 1 aliphatic rings. The number of para-hydroxylation sites is 2. The summed E-state index contributed by atoms with van der Waals surface area (Å²) in [4.78, 5) is 30.3. The third kappa shape index (κ3) is 8.48. The Kier molecular flexibility index (Phi) is 11.6. The zero-order valence-electron chi connectivity index (χ0n) is 27.0. The third-order valence-electron chi connectivity index (χ3n) is 8.52. The van der Waals surface area contributed by atoms with Crippen molar-refractivity contribution in [1.29, 1.82) is 0 Å². The van der Waals surface area contributed by atoms with Crippen LogP contribution in [0, 0.1) is 0 Å². The Morgan fingerprint density at radius 3 is 2.12 bits per heavy atom. The lowest BCUT2D eigenvalue weighted by molar-refractivity contribution is -0.140. The van der Waals surface area contributed by atoms with E-state index in [1.54, 1.807) is 60.7 Å². The third-order valence-corrected chi connectivity index (χ3v) is 10.5. The second kappa shape index (κ2) is 16.0. The highest BCUT2D eigenvalue weighted by Crippen LogP contribution is 2.33. The summed E-state index contributed by atoms with van der Waals surface area (Å²) in [6, 6.07) is 28.2. The van der Waals surface area contributed by atoms with Crippen LogP contribution in [0.5, 0.6) is 11.5 Å². The van der Waals surface area contributed by atoms with E-state index in [-0.39, 0.29) is 41.2 Å². The number of ether oxygens (including phenoxy) is 2. The van der Waals surface area contributed by atoms with Crippen LogP contribution in [0.1, 0.15) is 36.8 Å². The number of rotatable bonds is 14. The molecule has 1 fully saturated rings. The lowest BCUT2D eigenvalue weighted by Gasteiger charge is -2.34. The highest BCUT2D eigenvalue weighted by atomic mass is 35.5. The molecule has 1 saturated carbocycles. The van der Waals surface area contributed by atoms with Crippen LogP contribution >= 0.6 is 11.6 Å². The molecule has 0 spiro atoms. The molecule has 0 bridgehead atoms. The first-order valence-corrected chi connectivity index (χ1v) is 17.7. The predicted octanol–water partition coefficient (Wildman–Crippen LogP) is 6.25. The van der Waals surface area contributed by atoms with Gasteiger partial charge in [-0.05, 0) is 72.5 Å². The van der Waals surface area contributed by atoms with Crippen molar-refractivity contribution in [2.24, 2.45) is 0 Å². The molecule has 5 rings (SSSR count). The molecular weight excluding hydrogens is 650 g/mol. The fourth-order valence-electron chi connectivity index (χ4n) is 5.93. The molecule has 0 radical (unpaired) electrons. The second-order valence-electron chi connectivity index (χ2n) is 11.7. The van der Waals surface area contributed by atoms with Crippen molar-refractivity contribution in [3.05, 3.63) is 119 Å². The van der Waals surface area contributed by atoms with Crippen LogP contribution in [-0.4, -0.2) is 58.0 Å². The predicted molar refractivity (Wildman–Crippen MR) is 187 cm³/mol. The maximum atomic E-state index is 14.7. The topological polar surface area (TPSA) is 105 Å². The summed E-state index contributed by atoms with van der Waals surface area (Å²) in [6.07, 6.45) is 4.03. The van der Waals surface area contributed by atoms with Gasteiger partial charge in [-0.15, -0.1) is 0 Å². The van der Waals surface area contributed by atoms with E-state index in [9.17, 15) is 18.0 Å². The molecule has 2 amide bonds. The molecule has 11 heteroatoms.